The van der Waals surface area contributed by atoms with Gasteiger partial charge in [0.25, 0.3) is 5.69 Å². The van der Waals surface area contributed by atoms with Crippen LogP contribution < -0.4 is 0 Å². The first-order chi connectivity index (χ1) is 13.5. The van der Waals surface area contributed by atoms with Crippen molar-refractivity contribution in [3.63, 3.8) is 0 Å². The molecular formula is C20H17N3O4S. The molecule has 0 bridgehead atoms. The van der Waals surface area contributed by atoms with Crippen molar-refractivity contribution in [1.29, 1.82) is 0 Å². The third kappa shape index (κ3) is 4.34. The molecule has 142 valence electrons. The SMILES string of the molecule is CCOC(=O)c1c(C)nc(Sc2ccccc2)nc1-c1cccc([N+](=O)[O-])c1. The van der Waals surface area contributed by atoms with E-state index in [1.54, 1.807) is 26.0 Å². The van der Waals surface area contributed by atoms with Crippen LogP contribution in [0.4, 0.5) is 5.69 Å². The third-order valence-electron chi connectivity index (χ3n) is 3.83. The lowest BCUT2D eigenvalue weighted by Crippen LogP contribution is -2.12. The van der Waals surface area contributed by atoms with Gasteiger partial charge in [-0.2, -0.15) is 0 Å². The quantitative estimate of drug-likeness (QED) is 0.259. The van der Waals surface area contributed by atoms with Crippen molar-refractivity contribution in [1.82, 2.24) is 9.97 Å². The second-order valence-electron chi connectivity index (χ2n) is 5.76. The van der Waals surface area contributed by atoms with Gasteiger partial charge in [-0.3, -0.25) is 10.1 Å². The van der Waals surface area contributed by atoms with Gasteiger partial charge in [-0.25, -0.2) is 14.8 Å². The number of ether oxygens (including phenoxy) is 1. The molecule has 0 fully saturated rings. The first-order valence-corrected chi connectivity index (χ1v) is 9.34. The van der Waals surface area contributed by atoms with Gasteiger partial charge in [0.2, 0.25) is 0 Å². The van der Waals surface area contributed by atoms with Gasteiger partial charge in [0.05, 0.1) is 22.9 Å². The molecule has 0 spiro atoms. The Hall–Kier alpha value is -3.26. The molecule has 2 aromatic carbocycles. The zero-order valence-electron chi connectivity index (χ0n) is 15.3. The lowest BCUT2D eigenvalue weighted by Gasteiger charge is -2.12. The standard InChI is InChI=1S/C20H17N3O4S/c1-3-27-19(24)17-13(2)21-20(28-16-10-5-4-6-11-16)22-18(17)14-8-7-9-15(12-14)23(25)26/h4-12H,3H2,1-2H3. The number of carbonyl (C=O) groups is 1. The van der Waals surface area contributed by atoms with Crippen LogP contribution in [0.1, 0.15) is 23.0 Å². The monoisotopic (exact) mass is 395 g/mol. The second-order valence-corrected chi connectivity index (χ2v) is 6.80. The predicted octanol–water partition coefficient (Wildman–Crippen LogP) is 4.69. The van der Waals surface area contributed by atoms with E-state index in [1.807, 2.05) is 30.3 Å². The first kappa shape index (κ1) is 19.5. The molecule has 3 rings (SSSR count). The van der Waals surface area contributed by atoms with Crippen LogP contribution in [-0.4, -0.2) is 27.5 Å². The molecule has 0 saturated heterocycles. The molecule has 0 aliphatic heterocycles. The van der Waals surface area contributed by atoms with E-state index < -0.39 is 10.9 Å². The van der Waals surface area contributed by atoms with E-state index in [9.17, 15) is 14.9 Å². The van der Waals surface area contributed by atoms with Gasteiger partial charge in [0, 0.05) is 22.6 Å². The summed E-state index contributed by atoms with van der Waals surface area (Å²) in [6, 6.07) is 15.6. The average molecular weight is 395 g/mol. The predicted molar refractivity (Wildman–Crippen MR) is 105 cm³/mol. The van der Waals surface area contributed by atoms with Crippen molar-refractivity contribution in [2.75, 3.05) is 6.61 Å². The van der Waals surface area contributed by atoms with E-state index in [-0.39, 0.29) is 17.9 Å². The van der Waals surface area contributed by atoms with Crippen LogP contribution in [0.25, 0.3) is 11.3 Å². The molecule has 0 radical (unpaired) electrons. The first-order valence-electron chi connectivity index (χ1n) is 8.53. The summed E-state index contributed by atoms with van der Waals surface area (Å²) in [6.07, 6.45) is 0. The van der Waals surface area contributed by atoms with Gasteiger partial charge < -0.3 is 4.74 Å². The molecule has 3 aromatic rings. The Labute approximate surface area is 165 Å². The lowest BCUT2D eigenvalue weighted by molar-refractivity contribution is -0.384. The van der Waals surface area contributed by atoms with Crippen LogP contribution >= 0.6 is 11.8 Å². The van der Waals surface area contributed by atoms with Crippen LogP contribution in [0.2, 0.25) is 0 Å². The summed E-state index contributed by atoms with van der Waals surface area (Å²) >= 11 is 1.35. The highest BCUT2D eigenvalue weighted by atomic mass is 32.2. The Balaban J connectivity index is 2.14. The molecule has 8 heteroatoms. The van der Waals surface area contributed by atoms with Crippen LogP contribution in [0.15, 0.2) is 64.6 Å². The maximum Gasteiger partial charge on any atom is 0.342 e. The van der Waals surface area contributed by atoms with E-state index in [2.05, 4.69) is 9.97 Å². The molecule has 0 N–H and O–H groups in total. The maximum absolute atomic E-state index is 12.5. The number of non-ortho nitro benzene ring substituents is 1. The van der Waals surface area contributed by atoms with E-state index in [1.165, 1.54) is 23.9 Å². The van der Waals surface area contributed by atoms with Crippen LogP contribution in [0.3, 0.4) is 0 Å². The van der Waals surface area contributed by atoms with E-state index >= 15 is 0 Å². The fourth-order valence-corrected chi connectivity index (χ4v) is 3.43. The number of esters is 1. The number of aryl methyl sites for hydroxylation is 1. The van der Waals surface area contributed by atoms with Gasteiger partial charge in [0.15, 0.2) is 5.16 Å². The Morgan fingerprint density at radius 2 is 1.89 bits per heavy atom. The Kier molecular flexibility index (Phi) is 6.00. The van der Waals surface area contributed by atoms with Crippen LogP contribution in [0.5, 0.6) is 0 Å². The van der Waals surface area contributed by atoms with Gasteiger partial charge in [-0.05, 0) is 37.7 Å². The molecule has 0 unspecified atom stereocenters. The fraction of sp³-hybridized carbons (Fsp3) is 0.150. The Morgan fingerprint density at radius 3 is 2.57 bits per heavy atom. The summed E-state index contributed by atoms with van der Waals surface area (Å²) in [5.41, 5.74) is 1.35. The minimum atomic E-state index is -0.558. The van der Waals surface area contributed by atoms with Crippen molar-refractivity contribution in [2.24, 2.45) is 0 Å². The summed E-state index contributed by atoms with van der Waals surface area (Å²) in [5, 5.41) is 11.6. The third-order valence-corrected chi connectivity index (χ3v) is 4.70. The summed E-state index contributed by atoms with van der Waals surface area (Å²) in [4.78, 5) is 33.1. The molecular weight excluding hydrogens is 378 g/mol. The number of benzene rings is 2. The summed E-state index contributed by atoms with van der Waals surface area (Å²) in [7, 11) is 0. The maximum atomic E-state index is 12.5. The van der Waals surface area contributed by atoms with Crippen molar-refractivity contribution in [2.45, 2.75) is 23.9 Å². The van der Waals surface area contributed by atoms with Crippen LogP contribution in [0, 0.1) is 17.0 Å². The number of nitrogens with zero attached hydrogens (tertiary/aromatic N) is 3. The number of hydrogen-bond donors (Lipinski definition) is 0. The normalized spacial score (nSPS) is 10.5. The molecule has 1 heterocycles. The minimum Gasteiger partial charge on any atom is -0.462 e. The number of hydrogen-bond acceptors (Lipinski definition) is 7. The molecule has 28 heavy (non-hydrogen) atoms. The highest BCUT2D eigenvalue weighted by molar-refractivity contribution is 7.99. The largest absolute Gasteiger partial charge is 0.462 e. The molecule has 0 saturated carbocycles. The minimum absolute atomic E-state index is 0.0826. The smallest absolute Gasteiger partial charge is 0.342 e. The van der Waals surface area contributed by atoms with Crippen molar-refractivity contribution >= 4 is 23.4 Å². The number of carbonyl (C=O) groups excluding carboxylic acids is 1. The number of rotatable bonds is 6. The zero-order valence-corrected chi connectivity index (χ0v) is 16.1. The van der Waals surface area contributed by atoms with Gasteiger partial charge in [-0.1, -0.05) is 30.3 Å². The number of nitro groups is 1. The molecule has 0 atom stereocenters. The highest BCUT2D eigenvalue weighted by Gasteiger charge is 2.22. The fourth-order valence-electron chi connectivity index (χ4n) is 2.61. The molecule has 0 aliphatic carbocycles. The molecule has 0 amide bonds. The molecule has 0 aliphatic rings. The molecule has 7 nitrogen and oxygen atoms in total. The summed E-state index contributed by atoms with van der Waals surface area (Å²) in [6.45, 7) is 3.61. The van der Waals surface area contributed by atoms with E-state index in [4.69, 9.17) is 4.74 Å². The van der Waals surface area contributed by atoms with E-state index in [0.717, 1.165) is 4.90 Å². The van der Waals surface area contributed by atoms with Crippen molar-refractivity contribution < 1.29 is 14.5 Å². The van der Waals surface area contributed by atoms with Crippen molar-refractivity contribution in [3.05, 3.63) is 76.0 Å². The Morgan fingerprint density at radius 1 is 1.14 bits per heavy atom. The topological polar surface area (TPSA) is 95.2 Å². The summed E-state index contributed by atoms with van der Waals surface area (Å²) in [5.74, 6) is -0.558. The van der Waals surface area contributed by atoms with Crippen molar-refractivity contribution in [3.8, 4) is 11.3 Å². The molecule has 1 aromatic heterocycles. The van der Waals surface area contributed by atoms with Gasteiger partial charge >= 0.3 is 5.97 Å². The van der Waals surface area contributed by atoms with Gasteiger partial charge in [0.1, 0.15) is 5.56 Å². The number of nitro benzene ring substituents is 1. The number of aromatic nitrogens is 2. The zero-order chi connectivity index (χ0) is 20.1. The highest BCUT2D eigenvalue weighted by Crippen LogP contribution is 2.31. The second kappa shape index (κ2) is 8.62. The Bertz CT molecular complexity index is 1030. The summed E-state index contributed by atoms with van der Waals surface area (Å²) < 4.78 is 5.15. The average Bonchev–Trinajstić information content (AvgIpc) is 2.68. The van der Waals surface area contributed by atoms with Gasteiger partial charge in [-0.15, -0.1) is 0 Å². The lowest BCUT2D eigenvalue weighted by atomic mass is 10.0. The van der Waals surface area contributed by atoms with E-state index in [0.29, 0.717) is 22.1 Å². The van der Waals surface area contributed by atoms with Crippen LogP contribution in [-0.2, 0) is 4.74 Å².